The van der Waals surface area contributed by atoms with Gasteiger partial charge in [-0.3, -0.25) is 0 Å². The van der Waals surface area contributed by atoms with Crippen molar-refractivity contribution in [2.45, 2.75) is 46.5 Å². The lowest BCUT2D eigenvalue weighted by molar-refractivity contribution is 0.393. The summed E-state index contributed by atoms with van der Waals surface area (Å²) in [5, 5.41) is 3.29. The molecule has 0 radical (unpaired) electrons. The van der Waals surface area contributed by atoms with Crippen molar-refractivity contribution in [3.05, 3.63) is 11.8 Å². The quantitative estimate of drug-likeness (QED) is 0.884. The summed E-state index contributed by atoms with van der Waals surface area (Å²) < 4.78 is 0. The van der Waals surface area contributed by atoms with E-state index >= 15 is 0 Å². The van der Waals surface area contributed by atoms with Gasteiger partial charge in [0.15, 0.2) is 0 Å². The zero-order valence-electron chi connectivity index (χ0n) is 12.4. The van der Waals surface area contributed by atoms with Gasteiger partial charge in [0.05, 0.1) is 0 Å². The second-order valence-electron chi connectivity index (χ2n) is 5.46. The van der Waals surface area contributed by atoms with E-state index in [2.05, 4.69) is 40.1 Å². The number of aromatic nitrogens is 2. The summed E-state index contributed by atoms with van der Waals surface area (Å²) in [6, 6.07) is 2.10. The number of hydrogen-bond donors (Lipinski definition) is 1. The molecule has 0 spiro atoms. The molecule has 0 aromatic carbocycles. The van der Waals surface area contributed by atoms with Gasteiger partial charge in [-0.25, -0.2) is 4.98 Å². The minimum Gasteiger partial charge on any atom is -0.356 e. The van der Waals surface area contributed by atoms with Crippen LogP contribution in [0.4, 0.5) is 11.8 Å². The Balaban J connectivity index is 2.05. The van der Waals surface area contributed by atoms with Crippen molar-refractivity contribution in [2.24, 2.45) is 5.92 Å². The van der Waals surface area contributed by atoms with E-state index < -0.39 is 0 Å². The van der Waals surface area contributed by atoms with Crippen LogP contribution in [-0.4, -0.2) is 29.6 Å². The van der Waals surface area contributed by atoms with E-state index in [0.29, 0.717) is 0 Å². The highest BCUT2D eigenvalue weighted by atomic mass is 15.2. The summed E-state index contributed by atoms with van der Waals surface area (Å²) >= 11 is 0. The molecule has 19 heavy (non-hydrogen) atoms. The molecule has 1 aromatic rings. The molecule has 0 aliphatic carbocycles. The van der Waals surface area contributed by atoms with Gasteiger partial charge in [0.1, 0.15) is 5.82 Å². The molecule has 0 atom stereocenters. The van der Waals surface area contributed by atoms with Gasteiger partial charge in [0.25, 0.3) is 0 Å². The molecule has 106 valence electrons. The first kappa shape index (κ1) is 14.1. The van der Waals surface area contributed by atoms with E-state index in [9.17, 15) is 0 Å². The SMILES string of the molecule is CCCNc1nc(C)cc(N2CCC(CC)CC2)n1. The van der Waals surface area contributed by atoms with Gasteiger partial charge >= 0.3 is 0 Å². The minimum absolute atomic E-state index is 0.773. The van der Waals surface area contributed by atoms with Crippen molar-refractivity contribution in [1.29, 1.82) is 0 Å². The number of nitrogens with one attached hydrogen (secondary N) is 1. The van der Waals surface area contributed by atoms with Crippen molar-refractivity contribution in [3.8, 4) is 0 Å². The highest BCUT2D eigenvalue weighted by Crippen LogP contribution is 2.24. The number of anilines is 2. The van der Waals surface area contributed by atoms with Gasteiger partial charge in [-0.1, -0.05) is 20.3 Å². The highest BCUT2D eigenvalue weighted by molar-refractivity contribution is 5.45. The minimum atomic E-state index is 0.773. The molecule has 0 amide bonds. The predicted octanol–water partition coefficient (Wildman–Crippen LogP) is 3.23. The van der Waals surface area contributed by atoms with Crippen LogP contribution >= 0.6 is 0 Å². The van der Waals surface area contributed by atoms with Crippen molar-refractivity contribution in [2.75, 3.05) is 29.9 Å². The third-order valence-electron chi connectivity index (χ3n) is 3.89. The molecule has 1 N–H and O–H groups in total. The van der Waals surface area contributed by atoms with Gasteiger partial charge < -0.3 is 10.2 Å². The monoisotopic (exact) mass is 262 g/mol. The van der Waals surface area contributed by atoms with Gasteiger partial charge in [0, 0.05) is 31.4 Å². The number of aryl methyl sites for hydroxylation is 1. The summed E-state index contributed by atoms with van der Waals surface area (Å²) in [5.74, 6) is 2.76. The molecule has 4 nitrogen and oxygen atoms in total. The summed E-state index contributed by atoms with van der Waals surface area (Å²) in [7, 11) is 0. The molecule has 1 aliphatic rings. The standard InChI is InChI=1S/C15H26N4/c1-4-8-16-15-17-12(3)11-14(18-15)19-9-6-13(5-2)7-10-19/h11,13H,4-10H2,1-3H3,(H,16,17,18). The second kappa shape index (κ2) is 6.73. The normalized spacial score (nSPS) is 16.7. The van der Waals surface area contributed by atoms with E-state index in [0.717, 1.165) is 49.4 Å². The van der Waals surface area contributed by atoms with Gasteiger partial charge in [-0.05, 0) is 32.1 Å². The molecular weight excluding hydrogens is 236 g/mol. The Morgan fingerprint density at radius 3 is 2.63 bits per heavy atom. The van der Waals surface area contributed by atoms with Crippen molar-refractivity contribution in [3.63, 3.8) is 0 Å². The summed E-state index contributed by atoms with van der Waals surface area (Å²) in [5.41, 5.74) is 1.04. The fourth-order valence-electron chi connectivity index (χ4n) is 2.60. The Kier molecular flexibility index (Phi) is 5.00. The van der Waals surface area contributed by atoms with Crippen LogP contribution in [0.1, 0.15) is 45.2 Å². The highest BCUT2D eigenvalue weighted by Gasteiger charge is 2.19. The summed E-state index contributed by atoms with van der Waals surface area (Å²) in [6.07, 6.45) is 4.98. The molecule has 0 saturated carbocycles. The van der Waals surface area contributed by atoms with Crippen LogP contribution in [0, 0.1) is 12.8 Å². The molecule has 1 aromatic heterocycles. The predicted molar refractivity (Wildman–Crippen MR) is 80.8 cm³/mol. The van der Waals surface area contributed by atoms with E-state index in [1.54, 1.807) is 0 Å². The second-order valence-corrected chi connectivity index (χ2v) is 5.46. The number of nitrogens with zero attached hydrogens (tertiary/aromatic N) is 3. The number of piperidine rings is 1. The van der Waals surface area contributed by atoms with Crippen molar-refractivity contribution < 1.29 is 0 Å². The smallest absolute Gasteiger partial charge is 0.224 e. The lowest BCUT2D eigenvalue weighted by atomic mass is 9.94. The van der Waals surface area contributed by atoms with Crippen LogP contribution in [0.25, 0.3) is 0 Å². The van der Waals surface area contributed by atoms with Crippen LogP contribution in [-0.2, 0) is 0 Å². The zero-order chi connectivity index (χ0) is 13.7. The van der Waals surface area contributed by atoms with Gasteiger partial charge in [-0.2, -0.15) is 4.98 Å². The molecule has 0 unspecified atom stereocenters. The van der Waals surface area contributed by atoms with Crippen LogP contribution in [0.2, 0.25) is 0 Å². The summed E-state index contributed by atoms with van der Waals surface area (Å²) in [4.78, 5) is 11.5. The van der Waals surface area contributed by atoms with Crippen molar-refractivity contribution in [1.82, 2.24) is 9.97 Å². The molecule has 2 rings (SSSR count). The molecule has 1 aliphatic heterocycles. The van der Waals surface area contributed by atoms with Crippen LogP contribution in [0.5, 0.6) is 0 Å². The molecule has 1 fully saturated rings. The van der Waals surface area contributed by atoms with Gasteiger partial charge in [0.2, 0.25) is 5.95 Å². The Bertz CT molecular complexity index is 397. The van der Waals surface area contributed by atoms with Crippen LogP contribution < -0.4 is 10.2 Å². The first-order valence-electron chi connectivity index (χ1n) is 7.57. The number of rotatable bonds is 5. The van der Waals surface area contributed by atoms with Crippen LogP contribution in [0.3, 0.4) is 0 Å². The fourth-order valence-corrected chi connectivity index (χ4v) is 2.60. The first-order valence-corrected chi connectivity index (χ1v) is 7.57. The molecular formula is C15H26N4. The van der Waals surface area contributed by atoms with E-state index in [-0.39, 0.29) is 0 Å². The Hall–Kier alpha value is -1.32. The Morgan fingerprint density at radius 2 is 2.00 bits per heavy atom. The topological polar surface area (TPSA) is 41.1 Å². The van der Waals surface area contributed by atoms with Crippen LogP contribution in [0.15, 0.2) is 6.07 Å². The maximum Gasteiger partial charge on any atom is 0.224 e. The van der Waals surface area contributed by atoms with Gasteiger partial charge in [-0.15, -0.1) is 0 Å². The van der Waals surface area contributed by atoms with Crippen molar-refractivity contribution >= 4 is 11.8 Å². The maximum atomic E-state index is 4.65. The number of hydrogen-bond acceptors (Lipinski definition) is 4. The third-order valence-corrected chi connectivity index (χ3v) is 3.89. The fraction of sp³-hybridized carbons (Fsp3) is 0.733. The molecule has 4 heteroatoms. The average molecular weight is 262 g/mol. The van der Waals surface area contributed by atoms with E-state index in [4.69, 9.17) is 0 Å². The maximum absolute atomic E-state index is 4.65. The van der Waals surface area contributed by atoms with E-state index in [1.165, 1.54) is 19.3 Å². The largest absolute Gasteiger partial charge is 0.356 e. The lowest BCUT2D eigenvalue weighted by Crippen LogP contribution is -2.34. The lowest BCUT2D eigenvalue weighted by Gasteiger charge is -2.32. The van der Waals surface area contributed by atoms with E-state index in [1.807, 2.05) is 6.92 Å². The summed E-state index contributed by atoms with van der Waals surface area (Å²) in [6.45, 7) is 9.67. The molecule has 2 heterocycles. The Labute approximate surface area is 116 Å². The molecule has 1 saturated heterocycles. The Morgan fingerprint density at radius 1 is 1.26 bits per heavy atom. The average Bonchev–Trinajstić information content (AvgIpc) is 2.44. The zero-order valence-corrected chi connectivity index (χ0v) is 12.4. The first-order chi connectivity index (χ1) is 9.22. The molecule has 0 bridgehead atoms. The third kappa shape index (κ3) is 3.82.